The van der Waals surface area contributed by atoms with Crippen LogP contribution in [0.1, 0.15) is 18.9 Å². The number of aliphatic imine (C=N–C) groups is 1. The Morgan fingerprint density at radius 1 is 1.35 bits per heavy atom. The molecule has 0 aliphatic rings. The highest BCUT2D eigenvalue weighted by Gasteiger charge is 2.09. The fourth-order valence-electron chi connectivity index (χ4n) is 1.82. The predicted octanol–water partition coefficient (Wildman–Crippen LogP) is 1.92. The average molecular weight is 277 g/mol. The summed E-state index contributed by atoms with van der Waals surface area (Å²) in [7, 11) is 3.86. The lowest BCUT2D eigenvalue weighted by molar-refractivity contribution is 0.444. The third-order valence-electron chi connectivity index (χ3n) is 2.90. The van der Waals surface area contributed by atoms with Crippen LogP contribution in [0.15, 0.2) is 35.6 Å². The summed E-state index contributed by atoms with van der Waals surface area (Å²) in [6.45, 7) is 3.33. The maximum absolute atomic E-state index is 9.74. The van der Waals surface area contributed by atoms with Gasteiger partial charge < -0.3 is 20.4 Å². The van der Waals surface area contributed by atoms with Crippen LogP contribution in [0.3, 0.4) is 0 Å². The molecule has 0 unspecified atom stereocenters. The van der Waals surface area contributed by atoms with Crippen molar-refractivity contribution in [1.82, 2.24) is 10.2 Å². The first-order chi connectivity index (χ1) is 9.56. The van der Waals surface area contributed by atoms with Gasteiger partial charge in [-0.05, 0) is 25.5 Å². The molecule has 1 rings (SSSR count). The van der Waals surface area contributed by atoms with Crippen molar-refractivity contribution in [3.8, 4) is 11.5 Å². The van der Waals surface area contributed by atoms with Crippen LogP contribution >= 0.6 is 0 Å². The van der Waals surface area contributed by atoms with Crippen LogP contribution in [0.25, 0.3) is 0 Å². The van der Waals surface area contributed by atoms with Crippen molar-refractivity contribution in [3.63, 3.8) is 0 Å². The highest BCUT2D eigenvalue weighted by molar-refractivity contribution is 6.03. The van der Waals surface area contributed by atoms with Crippen LogP contribution in [-0.2, 0) is 0 Å². The first kappa shape index (κ1) is 15.9. The molecule has 0 saturated heterocycles. The molecule has 110 valence electrons. The molecule has 0 radical (unpaired) electrons. The van der Waals surface area contributed by atoms with Gasteiger partial charge in [-0.25, -0.2) is 0 Å². The number of hydrogen-bond acceptors (Lipinski definition) is 5. The van der Waals surface area contributed by atoms with Gasteiger partial charge in [-0.2, -0.15) is 0 Å². The summed E-state index contributed by atoms with van der Waals surface area (Å²) in [4.78, 5) is 6.47. The van der Waals surface area contributed by atoms with E-state index < -0.39 is 0 Å². The Kier molecular flexibility index (Phi) is 6.43. The van der Waals surface area contributed by atoms with E-state index in [4.69, 9.17) is 0 Å². The van der Waals surface area contributed by atoms with Gasteiger partial charge in [-0.15, -0.1) is 0 Å². The van der Waals surface area contributed by atoms with E-state index in [1.54, 1.807) is 25.1 Å². The van der Waals surface area contributed by atoms with E-state index in [9.17, 15) is 10.2 Å². The molecule has 0 heterocycles. The number of nitrogens with zero attached hydrogens (tertiary/aromatic N) is 2. The Hall–Kier alpha value is -2.17. The average Bonchev–Trinajstić information content (AvgIpc) is 2.41. The Morgan fingerprint density at radius 3 is 2.60 bits per heavy atom. The molecule has 5 nitrogen and oxygen atoms in total. The zero-order valence-electron chi connectivity index (χ0n) is 12.3. The number of benzene rings is 1. The summed E-state index contributed by atoms with van der Waals surface area (Å²) in [6, 6.07) is 4.69. The number of aromatic hydroxyl groups is 2. The Balaban J connectivity index is 2.52. The van der Waals surface area contributed by atoms with Crippen molar-refractivity contribution in [2.24, 2.45) is 4.99 Å². The molecule has 5 heteroatoms. The lowest BCUT2D eigenvalue weighted by Gasteiger charge is -2.12. The van der Waals surface area contributed by atoms with Gasteiger partial charge in [0.25, 0.3) is 0 Å². The van der Waals surface area contributed by atoms with E-state index in [1.165, 1.54) is 0 Å². The first-order valence-electron chi connectivity index (χ1n) is 6.62. The minimum Gasteiger partial charge on any atom is -0.507 e. The number of rotatable bonds is 7. The van der Waals surface area contributed by atoms with Crippen molar-refractivity contribution in [2.75, 3.05) is 27.2 Å². The van der Waals surface area contributed by atoms with Gasteiger partial charge >= 0.3 is 0 Å². The van der Waals surface area contributed by atoms with Gasteiger partial charge in [0.1, 0.15) is 11.5 Å². The molecule has 0 aromatic heterocycles. The molecule has 0 saturated carbocycles. The van der Waals surface area contributed by atoms with E-state index in [0.29, 0.717) is 17.8 Å². The van der Waals surface area contributed by atoms with Gasteiger partial charge in [0.2, 0.25) is 0 Å². The molecule has 1 aromatic carbocycles. The largest absolute Gasteiger partial charge is 0.507 e. The van der Waals surface area contributed by atoms with Crippen LogP contribution in [0.4, 0.5) is 0 Å². The molecule has 0 amide bonds. The highest BCUT2D eigenvalue weighted by Crippen LogP contribution is 2.26. The summed E-state index contributed by atoms with van der Waals surface area (Å²) >= 11 is 0. The summed E-state index contributed by atoms with van der Waals surface area (Å²) in [5.41, 5.74) is 1.06. The van der Waals surface area contributed by atoms with E-state index in [2.05, 4.69) is 15.2 Å². The molecule has 20 heavy (non-hydrogen) atoms. The standard InChI is InChI=1S/C15H23N3O2/c1-12(15-13(19)6-4-7-14(15)20)17-8-5-10-18(3)11-9-16-2/h4,6-7,9,11,16,19-20H,5,8,10H2,1-3H3/b11-9-,17-12?. The van der Waals surface area contributed by atoms with E-state index in [0.717, 1.165) is 13.0 Å². The van der Waals surface area contributed by atoms with Crippen molar-refractivity contribution in [1.29, 1.82) is 0 Å². The minimum atomic E-state index is 0.0559. The molecular formula is C15H23N3O2. The molecule has 3 N–H and O–H groups in total. The molecule has 0 spiro atoms. The van der Waals surface area contributed by atoms with E-state index in [1.807, 2.05) is 26.5 Å². The quantitative estimate of drug-likeness (QED) is 0.526. The molecule has 0 bridgehead atoms. The van der Waals surface area contributed by atoms with Gasteiger partial charge in [0.15, 0.2) is 0 Å². The minimum absolute atomic E-state index is 0.0559. The lowest BCUT2D eigenvalue weighted by atomic mass is 10.1. The van der Waals surface area contributed by atoms with Crippen LogP contribution in [0, 0.1) is 0 Å². The first-order valence-corrected chi connectivity index (χ1v) is 6.62. The van der Waals surface area contributed by atoms with Crippen LogP contribution in [0.2, 0.25) is 0 Å². The molecule has 0 fully saturated rings. The monoisotopic (exact) mass is 277 g/mol. The van der Waals surface area contributed by atoms with Crippen LogP contribution in [0.5, 0.6) is 11.5 Å². The van der Waals surface area contributed by atoms with Gasteiger partial charge in [-0.1, -0.05) is 6.07 Å². The number of hydrogen-bond donors (Lipinski definition) is 3. The van der Waals surface area contributed by atoms with Crippen molar-refractivity contribution >= 4 is 5.71 Å². The number of nitrogens with one attached hydrogen (secondary N) is 1. The van der Waals surface area contributed by atoms with Crippen LogP contribution in [-0.4, -0.2) is 48.0 Å². The Morgan fingerprint density at radius 2 is 2.00 bits per heavy atom. The fourth-order valence-corrected chi connectivity index (χ4v) is 1.82. The summed E-state index contributed by atoms with van der Waals surface area (Å²) in [5.74, 6) is 0.112. The van der Waals surface area contributed by atoms with Crippen molar-refractivity contribution in [3.05, 3.63) is 36.2 Å². The smallest absolute Gasteiger partial charge is 0.128 e. The fraction of sp³-hybridized carbons (Fsp3) is 0.400. The second-order valence-corrected chi connectivity index (χ2v) is 4.58. The van der Waals surface area contributed by atoms with Crippen molar-refractivity contribution < 1.29 is 10.2 Å². The van der Waals surface area contributed by atoms with Gasteiger partial charge in [-0.3, -0.25) is 4.99 Å². The Labute approximate surface area is 120 Å². The third kappa shape index (κ3) is 4.84. The third-order valence-corrected chi connectivity index (χ3v) is 2.90. The van der Waals surface area contributed by atoms with Crippen LogP contribution < -0.4 is 5.32 Å². The summed E-state index contributed by atoms with van der Waals surface area (Å²) in [5, 5.41) is 22.4. The normalized spacial score (nSPS) is 11.8. The Bertz CT molecular complexity index is 464. The second-order valence-electron chi connectivity index (χ2n) is 4.58. The topological polar surface area (TPSA) is 68.1 Å². The second kappa shape index (κ2) is 8.09. The maximum atomic E-state index is 9.74. The molecule has 0 aliphatic carbocycles. The number of phenolic OH excluding ortho intramolecular Hbond substituents is 2. The zero-order chi connectivity index (χ0) is 15.0. The number of phenols is 2. The molecule has 0 aliphatic heterocycles. The van der Waals surface area contributed by atoms with E-state index in [-0.39, 0.29) is 11.5 Å². The van der Waals surface area contributed by atoms with Gasteiger partial charge in [0.05, 0.1) is 5.56 Å². The molecule has 1 aromatic rings. The summed E-state index contributed by atoms with van der Waals surface area (Å²) in [6.07, 6.45) is 4.73. The lowest BCUT2D eigenvalue weighted by Crippen LogP contribution is -2.14. The highest BCUT2D eigenvalue weighted by atomic mass is 16.3. The van der Waals surface area contributed by atoms with Gasteiger partial charge in [0, 0.05) is 45.3 Å². The molecule has 0 atom stereocenters. The van der Waals surface area contributed by atoms with Crippen molar-refractivity contribution in [2.45, 2.75) is 13.3 Å². The van der Waals surface area contributed by atoms with E-state index >= 15 is 0 Å². The molecular weight excluding hydrogens is 254 g/mol. The zero-order valence-corrected chi connectivity index (χ0v) is 12.3. The maximum Gasteiger partial charge on any atom is 0.128 e. The predicted molar refractivity (Wildman–Crippen MR) is 82.3 cm³/mol. The SMILES string of the molecule is CN/C=C\N(C)CCCN=C(C)c1c(O)cccc1O. The summed E-state index contributed by atoms with van der Waals surface area (Å²) < 4.78 is 0.